The highest BCUT2D eigenvalue weighted by Crippen LogP contribution is 2.29. The van der Waals surface area contributed by atoms with Crippen LogP contribution in [-0.2, 0) is 4.79 Å². The van der Waals surface area contributed by atoms with Crippen molar-refractivity contribution in [3.63, 3.8) is 0 Å². The van der Waals surface area contributed by atoms with Gasteiger partial charge in [0.25, 0.3) is 0 Å². The SMILES string of the molecule is O=C(O)C(c1ccccc1)n1ccc2c(Cl)cccc21. The van der Waals surface area contributed by atoms with Crippen molar-refractivity contribution in [2.24, 2.45) is 0 Å². The van der Waals surface area contributed by atoms with E-state index in [9.17, 15) is 9.90 Å². The topological polar surface area (TPSA) is 42.2 Å². The number of fused-ring (bicyclic) bond motifs is 1. The lowest BCUT2D eigenvalue weighted by Crippen LogP contribution is -2.19. The molecule has 2 aromatic carbocycles. The van der Waals surface area contributed by atoms with E-state index >= 15 is 0 Å². The summed E-state index contributed by atoms with van der Waals surface area (Å²) in [6.45, 7) is 0. The average Bonchev–Trinajstić information content (AvgIpc) is 2.85. The molecule has 1 heterocycles. The highest BCUT2D eigenvalue weighted by molar-refractivity contribution is 6.35. The Bertz CT molecular complexity index is 765. The highest BCUT2D eigenvalue weighted by Gasteiger charge is 2.23. The van der Waals surface area contributed by atoms with Crippen LogP contribution in [0.5, 0.6) is 0 Å². The van der Waals surface area contributed by atoms with Gasteiger partial charge in [-0.15, -0.1) is 0 Å². The van der Waals surface area contributed by atoms with Gasteiger partial charge < -0.3 is 9.67 Å². The van der Waals surface area contributed by atoms with E-state index in [-0.39, 0.29) is 0 Å². The number of hydrogen-bond donors (Lipinski definition) is 1. The monoisotopic (exact) mass is 285 g/mol. The van der Waals surface area contributed by atoms with Crippen molar-refractivity contribution in [1.29, 1.82) is 0 Å². The summed E-state index contributed by atoms with van der Waals surface area (Å²) in [4.78, 5) is 11.7. The van der Waals surface area contributed by atoms with Crippen LogP contribution in [0.4, 0.5) is 0 Å². The van der Waals surface area contributed by atoms with Crippen LogP contribution in [0.2, 0.25) is 5.02 Å². The number of aliphatic carboxylic acids is 1. The number of rotatable bonds is 3. The largest absolute Gasteiger partial charge is 0.479 e. The predicted octanol–water partition coefficient (Wildman–Crippen LogP) is 3.97. The minimum absolute atomic E-state index is 0.624. The molecule has 100 valence electrons. The van der Waals surface area contributed by atoms with Crippen molar-refractivity contribution < 1.29 is 9.90 Å². The van der Waals surface area contributed by atoms with Crippen LogP contribution < -0.4 is 0 Å². The molecular weight excluding hydrogens is 274 g/mol. The first-order valence-corrected chi connectivity index (χ1v) is 6.59. The lowest BCUT2D eigenvalue weighted by Gasteiger charge is -2.16. The van der Waals surface area contributed by atoms with Gasteiger partial charge in [-0.2, -0.15) is 0 Å². The first-order valence-electron chi connectivity index (χ1n) is 6.21. The standard InChI is InChI=1S/C16H12ClNO2/c17-13-7-4-8-14-12(13)9-10-18(14)15(16(19)20)11-5-2-1-3-6-11/h1-10,15H,(H,19,20). The summed E-state index contributed by atoms with van der Waals surface area (Å²) in [6.07, 6.45) is 1.77. The molecule has 20 heavy (non-hydrogen) atoms. The van der Waals surface area contributed by atoms with E-state index in [1.807, 2.05) is 48.5 Å². The molecule has 0 aliphatic rings. The number of hydrogen-bond acceptors (Lipinski definition) is 1. The third-order valence-corrected chi connectivity index (χ3v) is 3.67. The summed E-state index contributed by atoms with van der Waals surface area (Å²) in [6, 6.07) is 15.8. The molecule has 1 unspecified atom stereocenters. The lowest BCUT2D eigenvalue weighted by molar-refractivity contribution is -0.139. The molecule has 1 N–H and O–H groups in total. The summed E-state index contributed by atoms with van der Waals surface area (Å²) < 4.78 is 1.74. The molecule has 0 saturated carbocycles. The molecule has 0 amide bonds. The molecule has 3 rings (SSSR count). The average molecular weight is 286 g/mol. The van der Waals surface area contributed by atoms with Gasteiger partial charge in [0.15, 0.2) is 6.04 Å². The lowest BCUT2D eigenvalue weighted by atomic mass is 10.1. The Kier molecular flexibility index (Phi) is 3.20. The van der Waals surface area contributed by atoms with Crippen LogP contribution in [0.1, 0.15) is 11.6 Å². The third kappa shape index (κ3) is 2.06. The number of nitrogens with zero attached hydrogens (tertiary/aromatic N) is 1. The van der Waals surface area contributed by atoms with Crippen LogP contribution in [0, 0.1) is 0 Å². The Morgan fingerprint density at radius 2 is 1.80 bits per heavy atom. The Hall–Kier alpha value is -2.26. The number of halogens is 1. The van der Waals surface area contributed by atoms with Crippen molar-refractivity contribution in [3.8, 4) is 0 Å². The third-order valence-electron chi connectivity index (χ3n) is 3.34. The van der Waals surface area contributed by atoms with Gasteiger partial charge in [0.1, 0.15) is 0 Å². The molecule has 3 nitrogen and oxygen atoms in total. The number of aromatic nitrogens is 1. The van der Waals surface area contributed by atoms with E-state index in [1.165, 1.54) is 0 Å². The summed E-state index contributed by atoms with van der Waals surface area (Å²) in [5.41, 5.74) is 1.55. The summed E-state index contributed by atoms with van der Waals surface area (Å²) >= 11 is 6.14. The Morgan fingerprint density at radius 3 is 2.50 bits per heavy atom. The molecule has 0 bridgehead atoms. The van der Waals surface area contributed by atoms with Crippen molar-refractivity contribution in [2.75, 3.05) is 0 Å². The van der Waals surface area contributed by atoms with Crippen LogP contribution in [-0.4, -0.2) is 15.6 Å². The van der Waals surface area contributed by atoms with Crippen molar-refractivity contribution in [3.05, 3.63) is 71.4 Å². The van der Waals surface area contributed by atoms with Gasteiger partial charge >= 0.3 is 5.97 Å². The molecule has 0 saturated heterocycles. The maximum atomic E-state index is 11.7. The number of carboxylic acid groups (broad SMARTS) is 1. The van der Waals surface area contributed by atoms with E-state index in [4.69, 9.17) is 11.6 Å². The van der Waals surface area contributed by atoms with Crippen LogP contribution in [0.15, 0.2) is 60.8 Å². The van der Waals surface area contributed by atoms with Crippen LogP contribution in [0.25, 0.3) is 10.9 Å². The van der Waals surface area contributed by atoms with Gasteiger partial charge in [0.2, 0.25) is 0 Å². The molecule has 0 spiro atoms. The number of benzene rings is 2. The van der Waals surface area contributed by atoms with Gasteiger partial charge in [-0.25, -0.2) is 4.79 Å². The van der Waals surface area contributed by atoms with Gasteiger partial charge in [-0.1, -0.05) is 48.0 Å². The van der Waals surface area contributed by atoms with E-state index in [1.54, 1.807) is 16.8 Å². The fraction of sp³-hybridized carbons (Fsp3) is 0.0625. The smallest absolute Gasteiger partial charge is 0.331 e. The second-order valence-corrected chi connectivity index (χ2v) is 4.95. The molecule has 3 aromatic rings. The van der Waals surface area contributed by atoms with Gasteiger partial charge in [-0.3, -0.25) is 0 Å². The van der Waals surface area contributed by atoms with E-state index in [2.05, 4.69) is 0 Å². The van der Waals surface area contributed by atoms with E-state index in [0.29, 0.717) is 5.02 Å². The Morgan fingerprint density at radius 1 is 1.05 bits per heavy atom. The van der Waals surface area contributed by atoms with Gasteiger partial charge in [0.05, 0.1) is 5.52 Å². The minimum atomic E-state index is -0.895. The second-order valence-electron chi connectivity index (χ2n) is 4.55. The fourth-order valence-electron chi connectivity index (χ4n) is 2.43. The van der Waals surface area contributed by atoms with E-state index in [0.717, 1.165) is 16.5 Å². The quantitative estimate of drug-likeness (QED) is 0.791. The molecule has 0 aliphatic carbocycles. The number of carboxylic acids is 1. The van der Waals surface area contributed by atoms with Gasteiger partial charge in [0, 0.05) is 16.6 Å². The first-order chi connectivity index (χ1) is 9.68. The molecule has 0 radical (unpaired) electrons. The maximum absolute atomic E-state index is 11.7. The Balaban J connectivity index is 2.21. The van der Waals surface area contributed by atoms with Crippen LogP contribution in [0.3, 0.4) is 0 Å². The van der Waals surface area contributed by atoms with Gasteiger partial charge in [-0.05, 0) is 23.8 Å². The van der Waals surface area contributed by atoms with Crippen molar-refractivity contribution in [1.82, 2.24) is 4.57 Å². The zero-order valence-corrected chi connectivity index (χ0v) is 11.3. The highest BCUT2D eigenvalue weighted by atomic mass is 35.5. The Labute approximate surface area is 121 Å². The first kappa shape index (κ1) is 12.8. The number of carbonyl (C=O) groups is 1. The normalized spacial score (nSPS) is 12.4. The van der Waals surface area contributed by atoms with E-state index < -0.39 is 12.0 Å². The molecule has 1 atom stereocenters. The van der Waals surface area contributed by atoms with Crippen LogP contribution >= 0.6 is 11.6 Å². The molecular formula is C16H12ClNO2. The minimum Gasteiger partial charge on any atom is -0.479 e. The van der Waals surface area contributed by atoms with Crippen molar-refractivity contribution >= 4 is 28.5 Å². The summed E-state index contributed by atoms with van der Waals surface area (Å²) in [7, 11) is 0. The fourth-order valence-corrected chi connectivity index (χ4v) is 2.67. The zero-order chi connectivity index (χ0) is 14.1. The molecule has 0 aliphatic heterocycles. The maximum Gasteiger partial charge on any atom is 0.331 e. The molecule has 1 aromatic heterocycles. The predicted molar refractivity (Wildman–Crippen MR) is 79.2 cm³/mol. The van der Waals surface area contributed by atoms with Crippen molar-refractivity contribution in [2.45, 2.75) is 6.04 Å². The molecule has 4 heteroatoms. The second kappa shape index (κ2) is 5.02. The zero-order valence-electron chi connectivity index (χ0n) is 10.5. The molecule has 0 fully saturated rings. The summed E-state index contributed by atoms with van der Waals surface area (Å²) in [5.74, 6) is -0.895. The summed E-state index contributed by atoms with van der Waals surface area (Å²) in [5, 5.41) is 11.1.